The summed E-state index contributed by atoms with van der Waals surface area (Å²) in [7, 11) is 0. The molecule has 1 N–H and O–H groups in total. The van der Waals surface area contributed by atoms with Gasteiger partial charge < -0.3 is 14.3 Å². The van der Waals surface area contributed by atoms with Gasteiger partial charge in [-0.05, 0) is 42.0 Å². The fourth-order valence-corrected chi connectivity index (χ4v) is 3.97. The molecule has 0 unspecified atom stereocenters. The van der Waals surface area contributed by atoms with Crippen LogP contribution in [-0.2, 0) is 13.1 Å². The lowest BCUT2D eigenvalue weighted by molar-refractivity contribution is 0.217. The van der Waals surface area contributed by atoms with Crippen LogP contribution in [0.15, 0.2) is 65.7 Å². The fourth-order valence-electron chi connectivity index (χ4n) is 3.97. The summed E-state index contributed by atoms with van der Waals surface area (Å²) in [6.45, 7) is 2.02. The first-order valence-electron chi connectivity index (χ1n) is 9.69. The number of hydrogen-bond donors (Lipinski definition) is 1. The largest absolute Gasteiger partial charge is 0.489 e. The average molecular weight is 407 g/mol. The van der Waals surface area contributed by atoms with Gasteiger partial charge in [-0.1, -0.05) is 0 Å². The van der Waals surface area contributed by atoms with Gasteiger partial charge in [0.2, 0.25) is 5.56 Å². The van der Waals surface area contributed by atoms with Gasteiger partial charge in [0.05, 0.1) is 5.52 Å². The highest BCUT2D eigenvalue weighted by Gasteiger charge is 2.21. The zero-order chi connectivity index (χ0) is 20.7. The van der Waals surface area contributed by atoms with Gasteiger partial charge in [-0.15, -0.1) is 0 Å². The van der Waals surface area contributed by atoms with Gasteiger partial charge in [0, 0.05) is 60.8 Å². The van der Waals surface area contributed by atoms with E-state index in [1.54, 1.807) is 30.6 Å². The number of pyridine rings is 1. The van der Waals surface area contributed by atoms with Crippen molar-refractivity contribution in [3.05, 3.63) is 94.0 Å². The highest BCUT2D eigenvalue weighted by molar-refractivity contribution is 5.82. The summed E-state index contributed by atoms with van der Waals surface area (Å²) < 4.78 is 36.0. The Morgan fingerprint density at radius 1 is 1.07 bits per heavy atom. The van der Waals surface area contributed by atoms with Crippen LogP contribution in [0, 0.1) is 11.6 Å². The van der Waals surface area contributed by atoms with Crippen molar-refractivity contribution in [1.82, 2.24) is 14.5 Å². The number of aromatic nitrogens is 2. The number of fused-ring (bicyclic) bond motifs is 2. The molecule has 0 radical (unpaired) electrons. The molecule has 152 valence electrons. The molecule has 1 aliphatic rings. The van der Waals surface area contributed by atoms with E-state index < -0.39 is 5.82 Å². The van der Waals surface area contributed by atoms with Crippen molar-refractivity contribution in [3.8, 4) is 11.4 Å². The molecule has 1 aliphatic heterocycles. The lowest BCUT2D eigenvalue weighted by Gasteiger charge is -2.19. The predicted octanol–water partition coefficient (Wildman–Crippen LogP) is 3.99. The van der Waals surface area contributed by atoms with Crippen molar-refractivity contribution in [3.63, 3.8) is 0 Å². The molecule has 0 fully saturated rings. The van der Waals surface area contributed by atoms with Crippen LogP contribution in [0.2, 0.25) is 0 Å². The topological polar surface area (TPSA) is 50.3 Å². The maximum atomic E-state index is 14.9. The van der Waals surface area contributed by atoms with E-state index in [1.165, 1.54) is 18.2 Å². The van der Waals surface area contributed by atoms with E-state index in [0.717, 1.165) is 22.0 Å². The molecular weight excluding hydrogens is 388 g/mol. The van der Waals surface area contributed by atoms with Crippen LogP contribution in [-0.4, -0.2) is 27.6 Å². The molecule has 3 heterocycles. The fraction of sp³-hybridized carbons (Fsp3) is 0.174. The van der Waals surface area contributed by atoms with Gasteiger partial charge in [0.1, 0.15) is 12.4 Å². The second-order valence-electron chi connectivity index (χ2n) is 7.43. The summed E-state index contributed by atoms with van der Waals surface area (Å²) in [5, 5.41) is 0.748. The number of rotatable bonds is 3. The number of aromatic amines is 1. The molecule has 0 amide bonds. The zero-order valence-corrected chi connectivity index (χ0v) is 16.1. The Kier molecular flexibility index (Phi) is 4.59. The van der Waals surface area contributed by atoms with Crippen molar-refractivity contribution in [1.29, 1.82) is 0 Å². The number of nitrogens with zero attached hydrogens (tertiary/aromatic N) is 2. The molecule has 30 heavy (non-hydrogen) atoms. The molecule has 7 heteroatoms. The molecule has 0 saturated carbocycles. The Bertz CT molecular complexity index is 1300. The van der Waals surface area contributed by atoms with Gasteiger partial charge in [0.25, 0.3) is 0 Å². The predicted molar refractivity (Wildman–Crippen MR) is 110 cm³/mol. The van der Waals surface area contributed by atoms with E-state index in [9.17, 15) is 13.6 Å². The molecule has 2 aromatic carbocycles. The minimum Gasteiger partial charge on any atom is -0.489 e. The van der Waals surface area contributed by atoms with E-state index in [0.29, 0.717) is 31.9 Å². The Balaban J connectivity index is 1.51. The van der Waals surface area contributed by atoms with Crippen molar-refractivity contribution in [2.75, 3.05) is 13.2 Å². The summed E-state index contributed by atoms with van der Waals surface area (Å²) in [6, 6.07) is 13.1. The Morgan fingerprint density at radius 2 is 1.97 bits per heavy atom. The minimum absolute atomic E-state index is 0.150. The quantitative estimate of drug-likeness (QED) is 0.559. The Morgan fingerprint density at radius 3 is 2.83 bits per heavy atom. The second kappa shape index (κ2) is 7.42. The number of ether oxygens (including phenoxy) is 1. The second-order valence-corrected chi connectivity index (χ2v) is 7.43. The van der Waals surface area contributed by atoms with Crippen molar-refractivity contribution in [2.24, 2.45) is 0 Å². The van der Waals surface area contributed by atoms with Crippen LogP contribution in [0.1, 0.15) is 11.1 Å². The summed E-state index contributed by atoms with van der Waals surface area (Å²) in [5.74, 6) is -0.476. The molecule has 2 aromatic heterocycles. The van der Waals surface area contributed by atoms with E-state index in [1.807, 2.05) is 16.7 Å². The monoisotopic (exact) mass is 407 g/mol. The molecule has 4 aromatic rings. The summed E-state index contributed by atoms with van der Waals surface area (Å²) in [6.07, 6.45) is 3.43. The summed E-state index contributed by atoms with van der Waals surface area (Å²) in [5.41, 5.74) is 2.91. The van der Waals surface area contributed by atoms with Crippen LogP contribution in [0.5, 0.6) is 5.75 Å². The number of hydrogen-bond acceptors (Lipinski definition) is 3. The van der Waals surface area contributed by atoms with Crippen molar-refractivity contribution >= 4 is 10.9 Å². The Labute approximate surface area is 171 Å². The smallest absolute Gasteiger partial charge is 0.248 e. The van der Waals surface area contributed by atoms with E-state index in [-0.39, 0.29) is 17.1 Å². The highest BCUT2D eigenvalue weighted by Crippen LogP contribution is 2.31. The van der Waals surface area contributed by atoms with E-state index in [2.05, 4.69) is 9.88 Å². The van der Waals surface area contributed by atoms with Gasteiger partial charge in [-0.3, -0.25) is 9.69 Å². The van der Waals surface area contributed by atoms with Gasteiger partial charge in [-0.25, -0.2) is 8.78 Å². The third-order valence-corrected chi connectivity index (χ3v) is 5.33. The normalized spacial score (nSPS) is 14.3. The standard InChI is InChI=1S/C23H19F2N3O2/c24-18-1-2-21-16(10-18)4-6-28(21)19-11-17-14-27(7-8-30-23(17)20(25)12-19)13-15-3-5-26-22(29)9-15/h1-6,9-12H,7-8,13-14H2,(H,26,29). The van der Waals surface area contributed by atoms with Crippen molar-refractivity contribution < 1.29 is 13.5 Å². The Hall–Kier alpha value is -3.45. The number of halogens is 2. The third kappa shape index (κ3) is 3.48. The summed E-state index contributed by atoms with van der Waals surface area (Å²) >= 11 is 0. The van der Waals surface area contributed by atoms with Gasteiger partial charge >= 0.3 is 0 Å². The van der Waals surface area contributed by atoms with Crippen molar-refractivity contribution in [2.45, 2.75) is 13.1 Å². The van der Waals surface area contributed by atoms with E-state index in [4.69, 9.17) is 4.74 Å². The molecule has 5 nitrogen and oxygen atoms in total. The van der Waals surface area contributed by atoms with Crippen LogP contribution in [0.25, 0.3) is 16.6 Å². The molecule has 0 aliphatic carbocycles. The first-order chi connectivity index (χ1) is 14.6. The summed E-state index contributed by atoms with van der Waals surface area (Å²) in [4.78, 5) is 16.3. The molecule has 0 atom stereocenters. The highest BCUT2D eigenvalue weighted by atomic mass is 19.1. The maximum absolute atomic E-state index is 14.9. The third-order valence-electron chi connectivity index (χ3n) is 5.33. The first-order valence-corrected chi connectivity index (χ1v) is 9.69. The van der Waals surface area contributed by atoms with Crippen LogP contribution in [0.3, 0.4) is 0 Å². The zero-order valence-electron chi connectivity index (χ0n) is 16.1. The molecule has 5 rings (SSSR count). The van der Waals surface area contributed by atoms with Gasteiger partial charge in [-0.2, -0.15) is 0 Å². The van der Waals surface area contributed by atoms with Crippen LogP contribution < -0.4 is 10.3 Å². The SMILES string of the molecule is O=c1cc(CN2CCOc3c(F)cc(-n4ccc5cc(F)ccc54)cc3C2)cc[nH]1. The number of H-pyrrole nitrogens is 1. The van der Waals surface area contributed by atoms with Gasteiger partial charge in [0.15, 0.2) is 11.6 Å². The van der Waals surface area contributed by atoms with E-state index >= 15 is 0 Å². The minimum atomic E-state index is -0.426. The lowest BCUT2D eigenvalue weighted by Crippen LogP contribution is -2.25. The number of benzene rings is 2. The number of nitrogens with one attached hydrogen (secondary N) is 1. The van der Waals surface area contributed by atoms with Crippen LogP contribution in [0.4, 0.5) is 8.78 Å². The molecule has 0 bridgehead atoms. The maximum Gasteiger partial charge on any atom is 0.248 e. The molecular formula is C23H19F2N3O2. The average Bonchev–Trinajstić information content (AvgIpc) is 3.01. The first kappa shape index (κ1) is 18.6. The van der Waals surface area contributed by atoms with Crippen LogP contribution >= 0.6 is 0 Å². The lowest BCUT2D eigenvalue weighted by atomic mass is 10.1. The molecule has 0 spiro atoms. The molecule has 0 saturated heterocycles.